The highest BCUT2D eigenvalue weighted by Crippen LogP contribution is 2.18. The van der Waals surface area contributed by atoms with Gasteiger partial charge in [-0.1, -0.05) is 47.5 Å². The molecular weight excluding hydrogens is 266 g/mol. The average molecular weight is 288 g/mol. The fourth-order valence-corrected chi connectivity index (χ4v) is 2.63. The van der Waals surface area contributed by atoms with E-state index in [4.69, 9.17) is 11.6 Å². The Labute approximate surface area is 127 Å². The van der Waals surface area contributed by atoms with E-state index in [1.165, 1.54) is 22.3 Å². The number of rotatable bonds is 5. The first-order valence-corrected chi connectivity index (χ1v) is 7.49. The Balaban J connectivity index is 1.88. The summed E-state index contributed by atoms with van der Waals surface area (Å²) in [6.07, 6.45) is 1.02. The summed E-state index contributed by atoms with van der Waals surface area (Å²) in [4.78, 5) is 0. The maximum Gasteiger partial charge on any atom is 0.0406 e. The standard InChI is InChI=1S/C18H22ClN/c1-13-4-9-18(14(2)12-13)15(3)20-11-10-16-5-7-17(19)8-6-16/h4-9,12,15,20H,10-11H2,1-3H3. The van der Waals surface area contributed by atoms with Crippen LogP contribution in [0.5, 0.6) is 0 Å². The van der Waals surface area contributed by atoms with Crippen molar-refractivity contribution in [1.82, 2.24) is 5.32 Å². The van der Waals surface area contributed by atoms with E-state index >= 15 is 0 Å². The van der Waals surface area contributed by atoms with Crippen LogP contribution in [-0.2, 0) is 6.42 Å². The summed E-state index contributed by atoms with van der Waals surface area (Å²) in [6.45, 7) is 7.50. The fourth-order valence-electron chi connectivity index (χ4n) is 2.51. The average Bonchev–Trinajstić information content (AvgIpc) is 2.41. The molecule has 0 heterocycles. The van der Waals surface area contributed by atoms with Crippen LogP contribution < -0.4 is 5.32 Å². The van der Waals surface area contributed by atoms with E-state index in [2.05, 4.69) is 56.4 Å². The van der Waals surface area contributed by atoms with Crippen LogP contribution in [0.1, 0.15) is 35.2 Å². The maximum atomic E-state index is 5.89. The highest BCUT2D eigenvalue weighted by atomic mass is 35.5. The number of aryl methyl sites for hydroxylation is 2. The predicted molar refractivity (Wildman–Crippen MR) is 87.5 cm³/mol. The number of hydrogen-bond donors (Lipinski definition) is 1. The zero-order valence-electron chi connectivity index (χ0n) is 12.4. The van der Waals surface area contributed by atoms with Crippen molar-refractivity contribution >= 4 is 11.6 Å². The van der Waals surface area contributed by atoms with E-state index in [1.54, 1.807) is 0 Å². The number of nitrogens with one attached hydrogen (secondary N) is 1. The molecule has 0 aromatic heterocycles. The Morgan fingerprint density at radius 2 is 1.75 bits per heavy atom. The molecule has 106 valence electrons. The van der Waals surface area contributed by atoms with E-state index in [0.717, 1.165) is 18.0 Å². The number of benzene rings is 2. The third kappa shape index (κ3) is 4.09. The van der Waals surface area contributed by atoms with Gasteiger partial charge in [0.2, 0.25) is 0 Å². The lowest BCUT2D eigenvalue weighted by Crippen LogP contribution is -2.22. The molecule has 0 fully saturated rings. The lowest BCUT2D eigenvalue weighted by atomic mass is 10.00. The SMILES string of the molecule is Cc1ccc(C(C)NCCc2ccc(Cl)cc2)c(C)c1. The molecule has 1 nitrogen and oxygen atoms in total. The van der Waals surface area contributed by atoms with Crippen LogP contribution in [0, 0.1) is 13.8 Å². The highest BCUT2D eigenvalue weighted by molar-refractivity contribution is 6.30. The molecule has 2 heteroatoms. The van der Waals surface area contributed by atoms with Gasteiger partial charge in [-0.2, -0.15) is 0 Å². The van der Waals surface area contributed by atoms with Crippen molar-refractivity contribution in [2.75, 3.05) is 6.54 Å². The Hall–Kier alpha value is -1.31. The summed E-state index contributed by atoms with van der Waals surface area (Å²) < 4.78 is 0. The molecular formula is C18H22ClN. The molecule has 0 aliphatic carbocycles. The molecule has 0 aliphatic rings. The molecule has 0 saturated heterocycles. The van der Waals surface area contributed by atoms with E-state index in [1.807, 2.05) is 12.1 Å². The molecule has 1 N–H and O–H groups in total. The molecule has 0 aliphatic heterocycles. The maximum absolute atomic E-state index is 5.89. The molecule has 0 saturated carbocycles. The summed E-state index contributed by atoms with van der Waals surface area (Å²) in [6, 6.07) is 15.1. The third-order valence-corrected chi connectivity index (χ3v) is 3.92. The van der Waals surface area contributed by atoms with E-state index in [0.29, 0.717) is 6.04 Å². The van der Waals surface area contributed by atoms with E-state index < -0.39 is 0 Å². The van der Waals surface area contributed by atoms with Crippen LogP contribution >= 0.6 is 11.6 Å². The second kappa shape index (κ2) is 6.92. The molecule has 1 atom stereocenters. The van der Waals surface area contributed by atoms with E-state index in [-0.39, 0.29) is 0 Å². The van der Waals surface area contributed by atoms with E-state index in [9.17, 15) is 0 Å². The predicted octanol–water partition coefficient (Wildman–Crippen LogP) is 4.85. The largest absolute Gasteiger partial charge is 0.310 e. The van der Waals surface area contributed by atoms with Gasteiger partial charge in [0.1, 0.15) is 0 Å². The lowest BCUT2D eigenvalue weighted by molar-refractivity contribution is 0.574. The van der Waals surface area contributed by atoms with Gasteiger partial charge < -0.3 is 5.32 Å². The molecule has 1 unspecified atom stereocenters. The van der Waals surface area contributed by atoms with Gasteiger partial charge in [0, 0.05) is 11.1 Å². The van der Waals surface area contributed by atoms with Crippen LogP contribution in [0.2, 0.25) is 5.02 Å². The Morgan fingerprint density at radius 1 is 1.05 bits per heavy atom. The molecule has 0 bridgehead atoms. The molecule has 2 rings (SSSR count). The van der Waals surface area contributed by atoms with Gasteiger partial charge in [-0.3, -0.25) is 0 Å². The van der Waals surface area contributed by atoms with Crippen LogP contribution in [-0.4, -0.2) is 6.54 Å². The van der Waals surface area contributed by atoms with Crippen LogP contribution in [0.15, 0.2) is 42.5 Å². The topological polar surface area (TPSA) is 12.0 Å². The second-order valence-electron chi connectivity index (χ2n) is 5.41. The van der Waals surface area contributed by atoms with Crippen molar-refractivity contribution in [3.05, 3.63) is 69.7 Å². The van der Waals surface area contributed by atoms with Gasteiger partial charge >= 0.3 is 0 Å². The van der Waals surface area contributed by atoms with Crippen molar-refractivity contribution in [2.45, 2.75) is 33.2 Å². The lowest BCUT2D eigenvalue weighted by Gasteiger charge is -2.17. The minimum Gasteiger partial charge on any atom is -0.310 e. The van der Waals surface area contributed by atoms with Crippen LogP contribution in [0.25, 0.3) is 0 Å². The van der Waals surface area contributed by atoms with Crippen LogP contribution in [0.3, 0.4) is 0 Å². The molecule has 0 amide bonds. The van der Waals surface area contributed by atoms with Gasteiger partial charge in [0.05, 0.1) is 0 Å². The minimum absolute atomic E-state index is 0.378. The molecule has 2 aromatic rings. The van der Waals surface area contributed by atoms with Gasteiger partial charge in [0.25, 0.3) is 0 Å². The van der Waals surface area contributed by atoms with Crippen molar-refractivity contribution in [3.8, 4) is 0 Å². The summed E-state index contributed by atoms with van der Waals surface area (Å²) >= 11 is 5.89. The van der Waals surface area contributed by atoms with Crippen molar-refractivity contribution in [3.63, 3.8) is 0 Å². The van der Waals surface area contributed by atoms with Gasteiger partial charge in [-0.05, 0) is 62.6 Å². The van der Waals surface area contributed by atoms with Crippen molar-refractivity contribution < 1.29 is 0 Å². The molecule has 0 spiro atoms. The van der Waals surface area contributed by atoms with Crippen LogP contribution in [0.4, 0.5) is 0 Å². The summed E-state index contributed by atoms with van der Waals surface area (Å²) in [5.74, 6) is 0. The minimum atomic E-state index is 0.378. The Kier molecular flexibility index (Phi) is 5.22. The zero-order valence-corrected chi connectivity index (χ0v) is 13.2. The molecule has 2 aromatic carbocycles. The fraction of sp³-hybridized carbons (Fsp3) is 0.333. The Morgan fingerprint density at radius 3 is 2.40 bits per heavy atom. The van der Waals surface area contributed by atoms with Gasteiger partial charge in [-0.25, -0.2) is 0 Å². The first-order chi connectivity index (χ1) is 9.56. The molecule has 20 heavy (non-hydrogen) atoms. The summed E-state index contributed by atoms with van der Waals surface area (Å²) in [5, 5.41) is 4.39. The highest BCUT2D eigenvalue weighted by Gasteiger charge is 2.07. The zero-order chi connectivity index (χ0) is 14.5. The number of halogens is 1. The van der Waals surface area contributed by atoms with Crippen molar-refractivity contribution in [2.24, 2.45) is 0 Å². The quantitative estimate of drug-likeness (QED) is 0.829. The summed E-state index contributed by atoms with van der Waals surface area (Å²) in [7, 11) is 0. The summed E-state index contributed by atoms with van der Waals surface area (Å²) in [5.41, 5.74) is 5.37. The first kappa shape index (κ1) is 15.1. The van der Waals surface area contributed by atoms with Gasteiger partial charge in [0.15, 0.2) is 0 Å². The monoisotopic (exact) mass is 287 g/mol. The number of hydrogen-bond acceptors (Lipinski definition) is 1. The molecule has 0 radical (unpaired) electrons. The normalized spacial score (nSPS) is 12.4. The third-order valence-electron chi connectivity index (χ3n) is 3.67. The van der Waals surface area contributed by atoms with Crippen molar-refractivity contribution in [1.29, 1.82) is 0 Å². The Bertz CT molecular complexity index is 560. The van der Waals surface area contributed by atoms with Gasteiger partial charge in [-0.15, -0.1) is 0 Å². The smallest absolute Gasteiger partial charge is 0.0406 e. The first-order valence-electron chi connectivity index (χ1n) is 7.11. The second-order valence-corrected chi connectivity index (χ2v) is 5.85.